The number of fused-ring (bicyclic) bond motifs is 1. The maximum Gasteiger partial charge on any atom is 0.0670 e. The SMILES string of the molecule is N#CCc1cc2sc(I)cc2cc1S. The summed E-state index contributed by atoms with van der Waals surface area (Å²) in [4.78, 5) is 0.910. The number of rotatable bonds is 1. The number of nitriles is 1. The van der Waals surface area contributed by atoms with Crippen LogP contribution in [0.25, 0.3) is 10.1 Å². The molecule has 0 aliphatic heterocycles. The van der Waals surface area contributed by atoms with E-state index in [1.807, 2.05) is 6.07 Å². The molecule has 1 nitrogen and oxygen atoms in total. The van der Waals surface area contributed by atoms with Crippen molar-refractivity contribution in [3.05, 3.63) is 26.6 Å². The third-order valence-corrected chi connectivity index (χ3v) is 4.23. The van der Waals surface area contributed by atoms with Crippen LogP contribution in [0.15, 0.2) is 23.1 Å². The molecule has 2 rings (SSSR count). The summed E-state index contributed by atoms with van der Waals surface area (Å²) in [6, 6.07) is 8.38. The van der Waals surface area contributed by atoms with Crippen LogP contribution in [-0.2, 0) is 6.42 Å². The van der Waals surface area contributed by atoms with Gasteiger partial charge in [-0.25, -0.2) is 0 Å². The summed E-state index contributed by atoms with van der Waals surface area (Å²) in [5, 5.41) is 9.85. The minimum absolute atomic E-state index is 0.434. The number of nitrogens with zero attached hydrogens (tertiary/aromatic N) is 1. The summed E-state index contributed by atoms with van der Waals surface area (Å²) >= 11 is 8.42. The Kier molecular flexibility index (Phi) is 3.00. The van der Waals surface area contributed by atoms with Crippen LogP contribution in [0.1, 0.15) is 5.56 Å². The molecule has 0 aliphatic carbocycles. The third kappa shape index (κ3) is 1.90. The van der Waals surface area contributed by atoms with E-state index in [1.54, 1.807) is 11.3 Å². The molecule has 0 unspecified atom stereocenters. The van der Waals surface area contributed by atoms with Crippen LogP contribution < -0.4 is 0 Å². The Morgan fingerprint density at radius 2 is 2.21 bits per heavy atom. The van der Waals surface area contributed by atoms with Gasteiger partial charge >= 0.3 is 0 Å². The molecule has 0 saturated carbocycles. The van der Waals surface area contributed by atoms with E-state index < -0.39 is 0 Å². The summed E-state index contributed by atoms with van der Waals surface area (Å²) in [6.45, 7) is 0. The fourth-order valence-corrected chi connectivity index (χ4v) is 3.47. The number of hydrogen-bond donors (Lipinski definition) is 1. The summed E-state index contributed by atoms with van der Waals surface area (Å²) < 4.78 is 2.50. The Morgan fingerprint density at radius 3 is 2.93 bits per heavy atom. The number of thiophene rings is 1. The largest absolute Gasteiger partial charge is 0.198 e. The number of thiol groups is 1. The van der Waals surface area contributed by atoms with Gasteiger partial charge in [0.15, 0.2) is 0 Å². The van der Waals surface area contributed by atoms with Crippen molar-refractivity contribution in [3.63, 3.8) is 0 Å². The second-order valence-corrected chi connectivity index (χ2v) is 6.36. The Balaban J connectivity index is 2.65. The van der Waals surface area contributed by atoms with Crippen LogP contribution in [0, 0.1) is 14.2 Å². The molecule has 0 bridgehead atoms. The Hall–Kier alpha value is -0.250. The highest BCUT2D eigenvalue weighted by molar-refractivity contribution is 14.1. The maximum atomic E-state index is 8.64. The lowest BCUT2D eigenvalue weighted by Crippen LogP contribution is -1.82. The molecule has 0 radical (unpaired) electrons. The van der Waals surface area contributed by atoms with E-state index >= 15 is 0 Å². The van der Waals surface area contributed by atoms with Crippen molar-refractivity contribution in [2.45, 2.75) is 11.3 Å². The van der Waals surface area contributed by atoms with Crippen LogP contribution in [0.2, 0.25) is 0 Å². The second-order valence-electron chi connectivity index (χ2n) is 2.90. The van der Waals surface area contributed by atoms with Crippen LogP contribution in [0.3, 0.4) is 0 Å². The van der Waals surface area contributed by atoms with Crippen molar-refractivity contribution in [2.75, 3.05) is 0 Å². The molecule has 0 N–H and O–H groups in total. The molecule has 0 fully saturated rings. The minimum atomic E-state index is 0.434. The molecule has 2 aromatic rings. The van der Waals surface area contributed by atoms with E-state index in [1.165, 1.54) is 13.0 Å². The van der Waals surface area contributed by atoms with E-state index in [-0.39, 0.29) is 0 Å². The molecular weight excluding hydrogens is 325 g/mol. The maximum absolute atomic E-state index is 8.64. The molecule has 0 spiro atoms. The van der Waals surface area contributed by atoms with Gasteiger partial charge in [0.25, 0.3) is 0 Å². The lowest BCUT2D eigenvalue weighted by Gasteiger charge is -1.99. The van der Waals surface area contributed by atoms with Crippen LogP contribution in [0.5, 0.6) is 0 Å². The van der Waals surface area contributed by atoms with Crippen LogP contribution >= 0.6 is 46.6 Å². The van der Waals surface area contributed by atoms with Gasteiger partial charge in [0.2, 0.25) is 0 Å². The fourth-order valence-electron chi connectivity index (χ4n) is 1.31. The zero-order chi connectivity index (χ0) is 10.1. The summed E-state index contributed by atoms with van der Waals surface area (Å²) in [5.74, 6) is 0. The van der Waals surface area contributed by atoms with Gasteiger partial charge in [0.1, 0.15) is 0 Å². The molecule has 0 amide bonds. The molecule has 1 aromatic heterocycles. The Morgan fingerprint density at radius 1 is 1.43 bits per heavy atom. The molecule has 0 aliphatic rings. The number of halogens is 1. The van der Waals surface area contributed by atoms with E-state index in [2.05, 4.69) is 53.4 Å². The molecule has 14 heavy (non-hydrogen) atoms. The predicted octanol–water partition coefficient (Wildman–Crippen LogP) is 3.86. The normalized spacial score (nSPS) is 10.4. The summed E-state index contributed by atoms with van der Waals surface area (Å²) in [5.41, 5.74) is 1.02. The highest BCUT2D eigenvalue weighted by Gasteiger charge is 2.04. The Bertz CT molecular complexity index is 525. The van der Waals surface area contributed by atoms with Gasteiger partial charge in [-0.1, -0.05) is 0 Å². The fraction of sp³-hybridized carbons (Fsp3) is 0.100. The minimum Gasteiger partial charge on any atom is -0.198 e. The average Bonchev–Trinajstić information content (AvgIpc) is 2.45. The molecule has 1 heterocycles. The lowest BCUT2D eigenvalue weighted by molar-refractivity contribution is 1.20. The topological polar surface area (TPSA) is 23.8 Å². The van der Waals surface area contributed by atoms with Gasteiger partial charge in [-0.2, -0.15) is 5.26 Å². The first-order valence-electron chi connectivity index (χ1n) is 3.98. The lowest BCUT2D eigenvalue weighted by atomic mass is 10.1. The predicted molar refractivity (Wildman–Crippen MR) is 71.1 cm³/mol. The van der Waals surface area contributed by atoms with Gasteiger partial charge in [-0.05, 0) is 51.7 Å². The molecule has 0 saturated heterocycles. The molecule has 4 heteroatoms. The van der Waals surface area contributed by atoms with Gasteiger partial charge in [-0.15, -0.1) is 24.0 Å². The quantitative estimate of drug-likeness (QED) is 0.623. The van der Waals surface area contributed by atoms with E-state index in [9.17, 15) is 0 Å². The van der Waals surface area contributed by atoms with Crippen molar-refractivity contribution < 1.29 is 0 Å². The van der Waals surface area contributed by atoms with Crippen molar-refractivity contribution in [1.82, 2.24) is 0 Å². The van der Waals surface area contributed by atoms with Crippen LogP contribution in [-0.4, -0.2) is 0 Å². The first-order valence-corrected chi connectivity index (χ1v) is 6.33. The number of hydrogen-bond acceptors (Lipinski definition) is 3. The molecule has 1 aromatic carbocycles. The van der Waals surface area contributed by atoms with Gasteiger partial charge in [0, 0.05) is 9.60 Å². The van der Waals surface area contributed by atoms with Crippen molar-refractivity contribution in [2.24, 2.45) is 0 Å². The van der Waals surface area contributed by atoms with Crippen molar-refractivity contribution in [3.8, 4) is 6.07 Å². The van der Waals surface area contributed by atoms with Gasteiger partial charge < -0.3 is 0 Å². The first kappa shape index (κ1) is 10.3. The van der Waals surface area contributed by atoms with Gasteiger partial charge in [0.05, 0.1) is 15.4 Å². The smallest absolute Gasteiger partial charge is 0.0670 e. The van der Waals surface area contributed by atoms with E-state index in [4.69, 9.17) is 5.26 Å². The monoisotopic (exact) mass is 331 g/mol. The van der Waals surface area contributed by atoms with Crippen molar-refractivity contribution >= 4 is 56.6 Å². The molecule has 0 atom stereocenters. The van der Waals surface area contributed by atoms with Crippen molar-refractivity contribution in [1.29, 1.82) is 5.26 Å². The first-order chi connectivity index (χ1) is 6.70. The second kappa shape index (κ2) is 4.09. The highest BCUT2D eigenvalue weighted by atomic mass is 127. The molecule has 70 valence electrons. The van der Waals surface area contributed by atoms with Crippen LogP contribution in [0.4, 0.5) is 0 Å². The zero-order valence-electron chi connectivity index (χ0n) is 7.12. The zero-order valence-corrected chi connectivity index (χ0v) is 11.0. The van der Waals surface area contributed by atoms with Gasteiger partial charge in [-0.3, -0.25) is 0 Å². The van der Waals surface area contributed by atoms with E-state index in [0.29, 0.717) is 6.42 Å². The standard InChI is InChI=1S/C10H6INS2/c11-10-5-7-3-8(13)6(1-2-12)4-9(7)14-10/h3-5,13H,1H2. The third-order valence-electron chi connectivity index (χ3n) is 1.96. The van der Waals surface area contributed by atoms with E-state index in [0.717, 1.165) is 10.5 Å². The highest BCUT2D eigenvalue weighted by Crippen LogP contribution is 2.30. The number of benzene rings is 1. The Labute approximate surface area is 105 Å². The average molecular weight is 331 g/mol. The molecular formula is C10H6INS2. The summed E-state index contributed by atoms with van der Waals surface area (Å²) in [6.07, 6.45) is 0.434. The summed E-state index contributed by atoms with van der Waals surface area (Å²) in [7, 11) is 0.